The molecule has 0 amide bonds. The molecule has 0 saturated heterocycles. The molecule has 9 aromatic rings. The van der Waals surface area contributed by atoms with Gasteiger partial charge in [0.1, 0.15) is 5.75 Å². The number of aliphatic imine (C=N–C) groups is 1. The highest BCUT2D eigenvalue weighted by atomic mass is 16.3. The zero-order valence-electron chi connectivity index (χ0n) is 33.1. The van der Waals surface area contributed by atoms with Crippen LogP contribution in [0.1, 0.15) is 39.8 Å². The maximum Gasteiger partial charge on any atom is 0.124 e. The van der Waals surface area contributed by atoms with Gasteiger partial charge >= 0.3 is 0 Å². The predicted molar refractivity (Wildman–Crippen MR) is 250 cm³/mol. The van der Waals surface area contributed by atoms with Gasteiger partial charge in [0.25, 0.3) is 0 Å². The van der Waals surface area contributed by atoms with Crippen molar-refractivity contribution >= 4 is 55.1 Å². The highest BCUT2D eigenvalue weighted by Crippen LogP contribution is 2.39. The van der Waals surface area contributed by atoms with Crippen molar-refractivity contribution in [1.29, 1.82) is 0 Å². The number of hydrogen-bond acceptors (Lipinski definition) is 3. The van der Waals surface area contributed by atoms with Crippen molar-refractivity contribution in [3.63, 3.8) is 0 Å². The molecule has 1 N–H and O–H groups in total. The van der Waals surface area contributed by atoms with Gasteiger partial charge in [0.15, 0.2) is 0 Å². The number of phenolic OH excluding ortho intramolecular Hbond substituents is 1. The molecule has 284 valence electrons. The van der Waals surface area contributed by atoms with Crippen LogP contribution in [0.15, 0.2) is 200 Å². The highest BCUT2D eigenvalue weighted by molar-refractivity contribution is 6.22. The Hall–Kier alpha value is -8.00. The minimum atomic E-state index is 0.119. The van der Waals surface area contributed by atoms with Crippen LogP contribution >= 0.6 is 0 Å². The van der Waals surface area contributed by atoms with E-state index in [-0.39, 0.29) is 5.75 Å². The third kappa shape index (κ3) is 6.59. The summed E-state index contributed by atoms with van der Waals surface area (Å²) in [4.78, 5) is 10.2. The van der Waals surface area contributed by atoms with Gasteiger partial charge in [0.2, 0.25) is 0 Å². The van der Waals surface area contributed by atoms with Crippen LogP contribution in [0.2, 0.25) is 0 Å². The summed E-state index contributed by atoms with van der Waals surface area (Å²) >= 11 is 0. The Bertz CT molecular complexity index is 3300. The van der Waals surface area contributed by atoms with E-state index in [9.17, 15) is 5.11 Å². The summed E-state index contributed by atoms with van der Waals surface area (Å²) in [6.45, 7) is 6.69. The number of phenols is 1. The first-order valence-electron chi connectivity index (χ1n) is 20.1. The minimum absolute atomic E-state index is 0.119. The Morgan fingerprint density at radius 3 is 2.25 bits per heavy atom. The molecule has 0 spiro atoms. The molecular formula is C56H39N3O. The number of benzene rings is 7. The largest absolute Gasteiger partial charge is 0.507 e. The van der Waals surface area contributed by atoms with E-state index in [1.807, 2.05) is 60.8 Å². The number of hydrogen-bond donors (Lipinski definition) is 1. The van der Waals surface area contributed by atoms with E-state index in [0.717, 1.165) is 72.3 Å². The average Bonchev–Trinajstić information content (AvgIpc) is 3.42. The van der Waals surface area contributed by atoms with Gasteiger partial charge in [0, 0.05) is 67.9 Å². The number of aromatic nitrogens is 2. The Morgan fingerprint density at radius 1 is 0.700 bits per heavy atom. The van der Waals surface area contributed by atoms with Crippen LogP contribution in [0.4, 0.5) is 0 Å². The summed E-state index contributed by atoms with van der Waals surface area (Å²) < 4.78 is 2.32. The zero-order valence-corrected chi connectivity index (χ0v) is 33.1. The molecular weight excluding hydrogens is 731 g/mol. The maximum absolute atomic E-state index is 11.7. The molecule has 0 fully saturated rings. The summed E-state index contributed by atoms with van der Waals surface area (Å²) in [5.74, 6) is 6.85. The van der Waals surface area contributed by atoms with E-state index in [1.165, 1.54) is 10.8 Å². The van der Waals surface area contributed by atoms with Gasteiger partial charge in [-0.15, -0.1) is 0 Å². The van der Waals surface area contributed by atoms with Gasteiger partial charge < -0.3 is 9.67 Å². The number of nitrogens with zero attached hydrogens (tertiary/aromatic N) is 3. The Kier molecular flexibility index (Phi) is 9.33. The van der Waals surface area contributed by atoms with Gasteiger partial charge in [0.05, 0.1) is 28.1 Å². The average molecular weight is 770 g/mol. The molecule has 4 nitrogen and oxygen atoms in total. The molecule has 2 heterocycles. The van der Waals surface area contributed by atoms with E-state index in [0.29, 0.717) is 28.8 Å². The number of rotatable bonds is 8. The molecule has 4 heteroatoms. The van der Waals surface area contributed by atoms with Gasteiger partial charge in [-0.1, -0.05) is 152 Å². The molecule has 7 aromatic carbocycles. The van der Waals surface area contributed by atoms with Crippen molar-refractivity contribution in [2.75, 3.05) is 0 Å². The standard InChI is InChI=1S/C56H39N3O/c1-37-29-30-44-36-57-50(39-17-6-3-7-18-39)35-48(44)54(37)56(40-19-8-4-9-20-40)58-38(2)46-26-16-28-53(60)55(46)43-22-13-12-21-41(33-43)42-31-32-52-49(34-42)47-25-14-15-27-51(47)59(52)45-23-10-5-11-24-45/h3-11,14-21,23-36,60H,2,12H2,1H3. The van der Waals surface area contributed by atoms with Crippen molar-refractivity contribution in [3.8, 4) is 34.5 Å². The van der Waals surface area contributed by atoms with Crippen LogP contribution < -0.4 is 0 Å². The number of fused-ring (bicyclic) bond motifs is 4. The molecule has 0 aliphatic heterocycles. The van der Waals surface area contributed by atoms with Crippen molar-refractivity contribution < 1.29 is 5.11 Å². The van der Waals surface area contributed by atoms with E-state index < -0.39 is 0 Å². The number of aromatic hydroxyl groups is 1. The maximum atomic E-state index is 11.7. The molecule has 10 rings (SSSR count). The predicted octanol–water partition coefficient (Wildman–Crippen LogP) is 13.4. The number of allylic oxidation sites excluding steroid dienone is 4. The molecule has 2 aromatic heterocycles. The Morgan fingerprint density at radius 2 is 1.43 bits per heavy atom. The summed E-state index contributed by atoms with van der Waals surface area (Å²) in [6, 6.07) is 58.1. The van der Waals surface area contributed by atoms with Crippen molar-refractivity contribution in [2.24, 2.45) is 4.99 Å². The zero-order chi connectivity index (χ0) is 40.6. The Balaban J connectivity index is 1.09. The fourth-order valence-corrected chi connectivity index (χ4v) is 8.43. The molecule has 0 atom stereocenters. The highest BCUT2D eigenvalue weighted by Gasteiger charge is 2.20. The number of aryl methyl sites for hydroxylation is 1. The summed E-state index contributed by atoms with van der Waals surface area (Å²) in [7, 11) is 0. The number of para-hydroxylation sites is 2. The molecule has 1 aliphatic rings. The van der Waals surface area contributed by atoms with Gasteiger partial charge in [-0.05, 0) is 77.6 Å². The van der Waals surface area contributed by atoms with Gasteiger partial charge in [-0.2, -0.15) is 0 Å². The molecule has 1 aliphatic carbocycles. The van der Waals surface area contributed by atoms with Crippen LogP contribution in [-0.4, -0.2) is 20.4 Å². The second kappa shape index (κ2) is 15.4. The topological polar surface area (TPSA) is 50.4 Å². The van der Waals surface area contributed by atoms with Crippen LogP contribution in [0.3, 0.4) is 0 Å². The Labute approximate surface area is 349 Å². The lowest BCUT2D eigenvalue weighted by atomic mass is 9.91. The second-order valence-electron chi connectivity index (χ2n) is 15.0. The van der Waals surface area contributed by atoms with Crippen LogP contribution in [0.25, 0.3) is 66.4 Å². The smallest absolute Gasteiger partial charge is 0.124 e. The second-order valence-corrected chi connectivity index (χ2v) is 15.0. The lowest BCUT2D eigenvalue weighted by Gasteiger charge is -2.17. The van der Waals surface area contributed by atoms with Crippen molar-refractivity contribution in [1.82, 2.24) is 9.55 Å². The molecule has 0 radical (unpaired) electrons. The van der Waals surface area contributed by atoms with Crippen LogP contribution in [0.5, 0.6) is 5.75 Å². The fraction of sp³-hybridized carbons (Fsp3) is 0.0357. The fourth-order valence-electron chi connectivity index (χ4n) is 8.43. The summed E-state index contributed by atoms with van der Waals surface area (Å²) in [5, 5.41) is 16.1. The van der Waals surface area contributed by atoms with E-state index >= 15 is 0 Å². The van der Waals surface area contributed by atoms with Gasteiger partial charge in [-0.3, -0.25) is 4.98 Å². The van der Waals surface area contributed by atoms with E-state index in [2.05, 4.69) is 151 Å². The van der Waals surface area contributed by atoms with Crippen molar-refractivity contribution in [3.05, 3.63) is 228 Å². The first-order chi connectivity index (χ1) is 29.5. The van der Waals surface area contributed by atoms with Gasteiger partial charge in [-0.25, -0.2) is 4.99 Å². The normalized spacial score (nSPS) is 12.8. The third-order valence-electron chi connectivity index (χ3n) is 11.3. The monoisotopic (exact) mass is 769 g/mol. The van der Waals surface area contributed by atoms with Crippen LogP contribution in [0, 0.1) is 18.8 Å². The molecule has 0 unspecified atom stereocenters. The summed E-state index contributed by atoms with van der Waals surface area (Å²) in [5.41, 5.74) is 13.8. The first kappa shape index (κ1) is 36.3. The minimum Gasteiger partial charge on any atom is -0.507 e. The van der Waals surface area contributed by atoms with Crippen LogP contribution in [-0.2, 0) is 0 Å². The first-order valence-corrected chi connectivity index (χ1v) is 20.1. The van der Waals surface area contributed by atoms with E-state index in [1.54, 1.807) is 6.07 Å². The lowest BCUT2D eigenvalue weighted by molar-refractivity contribution is 0.473. The third-order valence-corrected chi connectivity index (χ3v) is 11.3. The van der Waals surface area contributed by atoms with Crippen molar-refractivity contribution in [2.45, 2.75) is 13.3 Å². The van der Waals surface area contributed by atoms with E-state index in [4.69, 9.17) is 9.98 Å². The quantitative estimate of drug-likeness (QED) is 0.124. The SMILES string of the molecule is C=C(N=C(c1ccccc1)c1c(C)ccc2cnc(-c3ccccc3)cc12)c1cccc(O)c1C1=CC(c2ccc3c(c2)c2ccccc2n3-c2ccccc2)=CCC#C1. The lowest BCUT2D eigenvalue weighted by Crippen LogP contribution is -2.08. The number of pyridine rings is 1. The summed E-state index contributed by atoms with van der Waals surface area (Å²) in [6.07, 6.45) is 6.77. The molecule has 0 bridgehead atoms. The molecule has 0 saturated carbocycles. The molecule has 60 heavy (non-hydrogen) atoms.